The van der Waals surface area contributed by atoms with Gasteiger partial charge in [-0.05, 0) is 189 Å². The van der Waals surface area contributed by atoms with Gasteiger partial charge in [0.15, 0.2) is 0 Å². The van der Waals surface area contributed by atoms with E-state index >= 15 is 0 Å². The molecule has 0 saturated heterocycles. The third-order valence-corrected chi connectivity index (χ3v) is 19.3. The quantitative estimate of drug-likeness (QED) is 0.179. The molecule has 6 aliphatic carbocycles. The highest BCUT2D eigenvalue weighted by atomic mass is 32.2. The van der Waals surface area contributed by atoms with E-state index in [1.54, 1.807) is 11.1 Å². The molecule has 0 radical (unpaired) electrons. The van der Waals surface area contributed by atoms with E-state index in [1.165, 1.54) is 112 Å². The van der Waals surface area contributed by atoms with E-state index in [9.17, 15) is 0 Å². The number of hydrogen-bond donors (Lipinski definition) is 0. The first-order chi connectivity index (χ1) is 27.6. The Kier molecular flexibility index (Phi) is 7.19. The predicted molar refractivity (Wildman–Crippen MR) is 243 cm³/mol. The molecule has 2 spiro atoms. The van der Waals surface area contributed by atoms with Crippen molar-refractivity contribution in [1.29, 1.82) is 0 Å². The van der Waals surface area contributed by atoms with Gasteiger partial charge < -0.3 is 4.90 Å². The Morgan fingerprint density at radius 2 is 1.00 bits per heavy atom. The lowest BCUT2D eigenvalue weighted by Gasteiger charge is -2.78. The van der Waals surface area contributed by atoms with Crippen LogP contribution in [0.5, 0.6) is 0 Å². The van der Waals surface area contributed by atoms with Crippen LogP contribution in [-0.2, 0) is 27.1 Å². The first-order valence-corrected chi connectivity index (χ1v) is 23.6. The van der Waals surface area contributed by atoms with Crippen LogP contribution in [0.15, 0.2) is 113 Å². The van der Waals surface area contributed by atoms with Gasteiger partial charge in [0.1, 0.15) is 0 Å². The van der Waals surface area contributed by atoms with Crippen LogP contribution in [0.3, 0.4) is 0 Å². The monoisotopic (exact) mass is 779 g/mol. The summed E-state index contributed by atoms with van der Waals surface area (Å²) in [5.74, 6) is 3.57. The molecule has 1 heterocycles. The van der Waals surface area contributed by atoms with Crippen LogP contribution in [0.1, 0.15) is 140 Å². The van der Waals surface area contributed by atoms with Gasteiger partial charge in [0.25, 0.3) is 0 Å². The van der Waals surface area contributed by atoms with Gasteiger partial charge >= 0.3 is 0 Å². The molecule has 5 aromatic rings. The SMILES string of the molecule is CC1(C)CCC(C)(C)c2cc(-c3ccc(N(c4ccc5c(c4)Sc4ccccc4C54C5CC6CC7CC4C75C6)c4ccc5c(c4)C(C)(C)CCC5(C)C)cc3)ccc21. The zero-order chi connectivity index (χ0) is 39.8. The summed E-state index contributed by atoms with van der Waals surface area (Å²) in [4.78, 5) is 5.56. The Morgan fingerprint density at radius 1 is 0.466 bits per heavy atom. The van der Waals surface area contributed by atoms with Gasteiger partial charge in [0.2, 0.25) is 0 Å². The number of fused-ring (bicyclic) bond motifs is 9. The van der Waals surface area contributed by atoms with Crippen molar-refractivity contribution in [2.24, 2.45) is 29.1 Å². The number of anilines is 3. The Bertz CT molecular complexity index is 2550. The molecule has 4 saturated carbocycles. The Balaban J connectivity index is 0.991. The molecule has 0 aromatic heterocycles. The van der Waals surface area contributed by atoms with E-state index in [1.807, 2.05) is 11.8 Å². The summed E-state index contributed by atoms with van der Waals surface area (Å²) in [6.45, 7) is 19.5. The fraction of sp³-hybridized carbons (Fsp3) is 0.464. The topological polar surface area (TPSA) is 3.24 Å². The van der Waals surface area contributed by atoms with Crippen LogP contribution in [0.4, 0.5) is 17.1 Å². The predicted octanol–water partition coefficient (Wildman–Crippen LogP) is 15.3. The summed E-state index contributed by atoms with van der Waals surface area (Å²) in [5.41, 5.74) is 17.3. The van der Waals surface area contributed by atoms with E-state index in [2.05, 4.69) is 163 Å². The average Bonchev–Trinajstić information content (AvgIpc) is 3.74. The summed E-state index contributed by atoms with van der Waals surface area (Å²) in [5, 5.41) is 0. The summed E-state index contributed by atoms with van der Waals surface area (Å²) < 4.78 is 0. The lowest BCUT2D eigenvalue weighted by molar-refractivity contribution is -0.235. The molecule has 2 heteroatoms. The molecule has 7 aliphatic rings. The molecule has 5 aromatic carbocycles. The normalized spacial score (nSPS) is 31.5. The fourth-order valence-corrected chi connectivity index (χ4v) is 16.2. The van der Waals surface area contributed by atoms with E-state index in [4.69, 9.17) is 0 Å². The van der Waals surface area contributed by atoms with E-state index in [0.717, 1.165) is 23.7 Å². The number of hydrogen-bond acceptors (Lipinski definition) is 2. The Labute approximate surface area is 352 Å². The van der Waals surface area contributed by atoms with Crippen LogP contribution in [-0.4, -0.2) is 0 Å². The van der Waals surface area contributed by atoms with Gasteiger partial charge in [-0.25, -0.2) is 0 Å². The molecule has 1 nitrogen and oxygen atoms in total. The van der Waals surface area contributed by atoms with Gasteiger partial charge in [-0.2, -0.15) is 0 Å². The minimum absolute atomic E-state index is 0.133. The van der Waals surface area contributed by atoms with Crippen LogP contribution < -0.4 is 4.90 Å². The molecule has 6 atom stereocenters. The van der Waals surface area contributed by atoms with E-state index in [-0.39, 0.29) is 27.1 Å². The molecule has 12 rings (SSSR count). The van der Waals surface area contributed by atoms with Crippen molar-refractivity contribution in [1.82, 2.24) is 0 Å². The highest BCUT2D eigenvalue weighted by Crippen LogP contribution is 2.89. The molecule has 1 aliphatic heterocycles. The minimum atomic E-state index is 0.133. The molecule has 4 fully saturated rings. The number of nitrogens with zero attached hydrogens (tertiary/aromatic N) is 1. The standard InChI is InChI=1S/C56H61NS/c1-51(2)23-25-53(5,6)45-29-36(15-20-41(45)51)35-13-16-38(17-14-35)57(39-18-21-42-46(31-39)54(7,8)26-24-52(42,3)4)40-19-22-44-48(32-40)58-47-12-10-9-11-43(47)56(44)49-28-34-27-37-30-50(56)55(37,49)33-34/h9-22,29,31-32,34,37,49-50H,23-28,30,33H2,1-8H3. The third kappa shape index (κ3) is 4.57. The molecule has 0 N–H and O–H groups in total. The van der Waals surface area contributed by atoms with Gasteiger partial charge in [0.05, 0.1) is 0 Å². The number of rotatable bonds is 4. The van der Waals surface area contributed by atoms with Crippen molar-refractivity contribution in [2.45, 2.75) is 144 Å². The second-order valence-electron chi connectivity index (χ2n) is 22.7. The lowest BCUT2D eigenvalue weighted by atomic mass is 9.26. The van der Waals surface area contributed by atoms with Gasteiger partial charge in [-0.3, -0.25) is 0 Å². The largest absolute Gasteiger partial charge is 0.310 e. The van der Waals surface area contributed by atoms with Crippen molar-refractivity contribution in [3.63, 3.8) is 0 Å². The van der Waals surface area contributed by atoms with E-state index in [0.29, 0.717) is 5.41 Å². The minimum Gasteiger partial charge on any atom is -0.310 e. The maximum atomic E-state index is 2.60. The maximum Gasteiger partial charge on any atom is 0.0473 e. The van der Waals surface area contributed by atoms with Gasteiger partial charge in [0, 0.05) is 32.3 Å². The summed E-state index contributed by atoms with van der Waals surface area (Å²) in [7, 11) is 0. The van der Waals surface area contributed by atoms with Crippen LogP contribution in [0.25, 0.3) is 11.1 Å². The maximum absolute atomic E-state index is 2.60. The van der Waals surface area contributed by atoms with Crippen molar-refractivity contribution in [3.05, 3.63) is 137 Å². The van der Waals surface area contributed by atoms with Crippen LogP contribution >= 0.6 is 11.8 Å². The van der Waals surface area contributed by atoms with Crippen LogP contribution in [0, 0.1) is 29.1 Å². The summed E-state index contributed by atoms with van der Waals surface area (Å²) in [6, 6.07) is 41.5. The Morgan fingerprint density at radius 3 is 1.69 bits per heavy atom. The first kappa shape index (κ1) is 36.1. The molecular formula is C56H61NS. The first-order valence-electron chi connectivity index (χ1n) is 22.8. The van der Waals surface area contributed by atoms with Crippen molar-refractivity contribution < 1.29 is 0 Å². The summed E-state index contributed by atoms with van der Waals surface area (Å²) >= 11 is 2.03. The lowest BCUT2D eigenvalue weighted by Crippen LogP contribution is -2.74. The van der Waals surface area contributed by atoms with Crippen molar-refractivity contribution in [3.8, 4) is 11.1 Å². The second kappa shape index (κ2) is 11.5. The van der Waals surface area contributed by atoms with Gasteiger partial charge in [-0.1, -0.05) is 128 Å². The fourth-order valence-electron chi connectivity index (χ4n) is 14.9. The zero-order valence-corrected chi connectivity index (χ0v) is 37.0. The van der Waals surface area contributed by atoms with Gasteiger partial charge in [-0.15, -0.1) is 0 Å². The summed E-state index contributed by atoms with van der Waals surface area (Å²) in [6.07, 6.45) is 10.8. The smallest absolute Gasteiger partial charge is 0.0473 e. The van der Waals surface area contributed by atoms with Crippen LogP contribution in [0.2, 0.25) is 0 Å². The third-order valence-electron chi connectivity index (χ3n) is 18.1. The molecule has 6 unspecified atom stereocenters. The molecule has 0 amide bonds. The number of benzene rings is 5. The van der Waals surface area contributed by atoms with E-state index < -0.39 is 0 Å². The average molecular weight is 780 g/mol. The molecule has 58 heavy (non-hydrogen) atoms. The highest BCUT2D eigenvalue weighted by Gasteiger charge is 2.84. The Hall–Kier alpha value is -3.75. The van der Waals surface area contributed by atoms with Crippen molar-refractivity contribution >= 4 is 28.8 Å². The molecule has 296 valence electrons. The second-order valence-corrected chi connectivity index (χ2v) is 23.8. The molecular weight excluding hydrogens is 719 g/mol. The van der Waals surface area contributed by atoms with Crippen molar-refractivity contribution in [2.75, 3.05) is 4.90 Å². The highest BCUT2D eigenvalue weighted by molar-refractivity contribution is 7.99. The molecule has 2 bridgehead atoms. The zero-order valence-electron chi connectivity index (χ0n) is 36.1.